The van der Waals surface area contributed by atoms with E-state index in [1.54, 1.807) is 0 Å². The third-order valence-electron chi connectivity index (χ3n) is 3.76. The Labute approximate surface area is 111 Å². The summed E-state index contributed by atoms with van der Waals surface area (Å²) in [6.45, 7) is 11.4. The lowest BCUT2D eigenvalue weighted by molar-refractivity contribution is 0.0679. The van der Waals surface area contributed by atoms with Crippen LogP contribution in [-0.2, 0) is 12.0 Å². The SMILES string of the molecule is CC1(O)CCN(Cc2ccc(C(C)(C)C)cc2)C1. The van der Waals surface area contributed by atoms with Crippen LogP contribution in [0.4, 0.5) is 0 Å². The van der Waals surface area contributed by atoms with Crippen LogP contribution in [0.15, 0.2) is 24.3 Å². The third-order valence-corrected chi connectivity index (χ3v) is 3.76. The van der Waals surface area contributed by atoms with E-state index in [4.69, 9.17) is 0 Å². The number of β-amino-alcohol motifs (C(OH)–C–C–N with tert-alkyl or cyclic N) is 1. The zero-order valence-corrected chi connectivity index (χ0v) is 12.0. The summed E-state index contributed by atoms with van der Waals surface area (Å²) in [5.41, 5.74) is 2.43. The molecule has 0 radical (unpaired) electrons. The minimum atomic E-state index is -0.495. The van der Waals surface area contributed by atoms with Gasteiger partial charge >= 0.3 is 0 Å². The van der Waals surface area contributed by atoms with Crippen LogP contribution in [0.25, 0.3) is 0 Å². The first-order chi connectivity index (χ1) is 8.26. The molecule has 0 aromatic heterocycles. The van der Waals surface area contributed by atoms with Gasteiger partial charge in [0, 0.05) is 19.6 Å². The van der Waals surface area contributed by atoms with Crippen molar-refractivity contribution in [1.82, 2.24) is 4.90 Å². The fraction of sp³-hybridized carbons (Fsp3) is 0.625. The molecule has 1 unspecified atom stereocenters. The summed E-state index contributed by atoms with van der Waals surface area (Å²) >= 11 is 0. The summed E-state index contributed by atoms with van der Waals surface area (Å²) in [7, 11) is 0. The van der Waals surface area contributed by atoms with Gasteiger partial charge in [-0.3, -0.25) is 4.90 Å². The van der Waals surface area contributed by atoms with Gasteiger partial charge in [-0.2, -0.15) is 0 Å². The van der Waals surface area contributed by atoms with Crippen LogP contribution in [-0.4, -0.2) is 28.7 Å². The Morgan fingerprint density at radius 1 is 1.22 bits per heavy atom. The Morgan fingerprint density at radius 2 is 1.83 bits per heavy atom. The fourth-order valence-corrected chi connectivity index (χ4v) is 2.54. The van der Waals surface area contributed by atoms with Gasteiger partial charge < -0.3 is 5.11 Å². The molecule has 1 saturated heterocycles. The molecule has 2 heteroatoms. The smallest absolute Gasteiger partial charge is 0.0758 e. The zero-order chi connectivity index (χ0) is 13.4. The molecule has 1 aliphatic heterocycles. The number of hydrogen-bond acceptors (Lipinski definition) is 2. The Balaban J connectivity index is 1.99. The van der Waals surface area contributed by atoms with E-state index >= 15 is 0 Å². The van der Waals surface area contributed by atoms with E-state index in [-0.39, 0.29) is 5.41 Å². The zero-order valence-electron chi connectivity index (χ0n) is 12.0. The maximum absolute atomic E-state index is 9.95. The molecule has 1 aliphatic rings. The second-order valence-electron chi connectivity index (χ2n) is 6.90. The molecule has 1 N–H and O–H groups in total. The summed E-state index contributed by atoms with van der Waals surface area (Å²) in [6.07, 6.45) is 0.882. The van der Waals surface area contributed by atoms with Crippen LogP contribution < -0.4 is 0 Å². The van der Waals surface area contributed by atoms with E-state index in [1.807, 2.05) is 6.92 Å². The number of likely N-dealkylation sites (tertiary alicyclic amines) is 1. The molecule has 1 heterocycles. The maximum Gasteiger partial charge on any atom is 0.0758 e. The molecular formula is C16H25NO. The topological polar surface area (TPSA) is 23.5 Å². The van der Waals surface area contributed by atoms with Gasteiger partial charge in [0.1, 0.15) is 0 Å². The molecule has 100 valence electrons. The number of nitrogens with zero attached hydrogens (tertiary/aromatic N) is 1. The Bertz CT molecular complexity index is 400. The largest absolute Gasteiger partial charge is 0.389 e. The molecule has 2 nitrogen and oxygen atoms in total. The molecule has 2 rings (SSSR count). The van der Waals surface area contributed by atoms with Gasteiger partial charge in [-0.05, 0) is 29.9 Å². The molecule has 1 fully saturated rings. The second kappa shape index (κ2) is 4.67. The number of aliphatic hydroxyl groups is 1. The van der Waals surface area contributed by atoms with E-state index in [9.17, 15) is 5.11 Å². The Kier molecular flexibility index (Phi) is 3.52. The van der Waals surface area contributed by atoms with Crippen molar-refractivity contribution < 1.29 is 5.11 Å². The van der Waals surface area contributed by atoms with Crippen LogP contribution in [0.1, 0.15) is 45.2 Å². The average Bonchev–Trinajstić information content (AvgIpc) is 2.57. The van der Waals surface area contributed by atoms with Gasteiger partial charge in [-0.25, -0.2) is 0 Å². The molecule has 18 heavy (non-hydrogen) atoms. The molecule has 0 amide bonds. The minimum Gasteiger partial charge on any atom is -0.389 e. The van der Waals surface area contributed by atoms with E-state index in [0.717, 1.165) is 26.1 Å². The van der Waals surface area contributed by atoms with Gasteiger partial charge in [-0.15, -0.1) is 0 Å². The summed E-state index contributed by atoms with van der Waals surface area (Å²) < 4.78 is 0. The first-order valence-electron chi connectivity index (χ1n) is 6.80. The van der Waals surface area contributed by atoms with Crippen molar-refractivity contribution in [2.75, 3.05) is 13.1 Å². The predicted octanol–water partition coefficient (Wildman–Crippen LogP) is 2.94. The van der Waals surface area contributed by atoms with E-state index in [1.165, 1.54) is 11.1 Å². The lowest BCUT2D eigenvalue weighted by Crippen LogP contribution is -2.29. The van der Waals surface area contributed by atoms with Crippen molar-refractivity contribution in [2.45, 2.75) is 51.7 Å². The van der Waals surface area contributed by atoms with Gasteiger partial charge in [0.05, 0.1) is 5.60 Å². The van der Waals surface area contributed by atoms with Crippen molar-refractivity contribution in [3.8, 4) is 0 Å². The maximum atomic E-state index is 9.95. The van der Waals surface area contributed by atoms with E-state index < -0.39 is 5.60 Å². The first-order valence-corrected chi connectivity index (χ1v) is 6.80. The van der Waals surface area contributed by atoms with Crippen molar-refractivity contribution in [2.24, 2.45) is 0 Å². The third kappa shape index (κ3) is 3.33. The lowest BCUT2D eigenvalue weighted by atomic mass is 9.87. The molecular weight excluding hydrogens is 222 g/mol. The highest BCUT2D eigenvalue weighted by atomic mass is 16.3. The minimum absolute atomic E-state index is 0.218. The summed E-state index contributed by atoms with van der Waals surface area (Å²) in [4.78, 5) is 2.33. The average molecular weight is 247 g/mol. The second-order valence-corrected chi connectivity index (χ2v) is 6.90. The summed E-state index contributed by atoms with van der Waals surface area (Å²) in [6, 6.07) is 8.88. The van der Waals surface area contributed by atoms with Gasteiger partial charge in [0.15, 0.2) is 0 Å². The van der Waals surface area contributed by atoms with E-state index in [0.29, 0.717) is 0 Å². The fourth-order valence-electron chi connectivity index (χ4n) is 2.54. The number of hydrogen-bond donors (Lipinski definition) is 1. The van der Waals surface area contributed by atoms with Crippen molar-refractivity contribution in [3.05, 3.63) is 35.4 Å². The monoisotopic (exact) mass is 247 g/mol. The number of benzene rings is 1. The quantitative estimate of drug-likeness (QED) is 0.868. The van der Waals surface area contributed by atoms with Crippen LogP contribution in [0.3, 0.4) is 0 Å². The van der Waals surface area contributed by atoms with Gasteiger partial charge in [-0.1, -0.05) is 45.0 Å². The van der Waals surface area contributed by atoms with Crippen LogP contribution in [0, 0.1) is 0 Å². The van der Waals surface area contributed by atoms with Crippen LogP contribution in [0.2, 0.25) is 0 Å². The van der Waals surface area contributed by atoms with E-state index in [2.05, 4.69) is 49.9 Å². The number of rotatable bonds is 2. The first kappa shape index (κ1) is 13.6. The molecule has 1 aromatic carbocycles. The summed E-state index contributed by atoms with van der Waals surface area (Å²) in [5.74, 6) is 0. The predicted molar refractivity (Wildman–Crippen MR) is 75.7 cm³/mol. The van der Waals surface area contributed by atoms with Crippen molar-refractivity contribution in [3.63, 3.8) is 0 Å². The van der Waals surface area contributed by atoms with Crippen LogP contribution in [0.5, 0.6) is 0 Å². The highest BCUT2D eigenvalue weighted by Gasteiger charge is 2.30. The molecule has 0 aliphatic carbocycles. The highest BCUT2D eigenvalue weighted by Crippen LogP contribution is 2.24. The Morgan fingerprint density at radius 3 is 2.28 bits per heavy atom. The standard InChI is InChI=1S/C16H25NO/c1-15(2,3)14-7-5-13(6-8-14)11-17-10-9-16(4,18)12-17/h5-8,18H,9-12H2,1-4H3. The van der Waals surface area contributed by atoms with Crippen LogP contribution >= 0.6 is 0 Å². The highest BCUT2D eigenvalue weighted by molar-refractivity contribution is 5.27. The van der Waals surface area contributed by atoms with Gasteiger partial charge in [0.25, 0.3) is 0 Å². The molecule has 0 saturated carbocycles. The normalized spacial score (nSPS) is 25.6. The van der Waals surface area contributed by atoms with Gasteiger partial charge in [0.2, 0.25) is 0 Å². The summed E-state index contributed by atoms with van der Waals surface area (Å²) in [5, 5.41) is 9.95. The Hall–Kier alpha value is -0.860. The lowest BCUT2D eigenvalue weighted by Gasteiger charge is -2.21. The molecule has 0 bridgehead atoms. The van der Waals surface area contributed by atoms with Crippen molar-refractivity contribution in [1.29, 1.82) is 0 Å². The molecule has 1 aromatic rings. The molecule has 0 spiro atoms. The molecule has 1 atom stereocenters. The van der Waals surface area contributed by atoms with Crippen molar-refractivity contribution >= 4 is 0 Å².